The third-order valence-electron chi connectivity index (χ3n) is 2.30. The topological polar surface area (TPSA) is 20.2 Å². The molecule has 0 amide bonds. The number of aromatic hydroxyl groups is 1. The van der Waals surface area contributed by atoms with E-state index in [1.165, 1.54) is 6.07 Å². The van der Waals surface area contributed by atoms with Gasteiger partial charge in [0.2, 0.25) is 0 Å². The van der Waals surface area contributed by atoms with E-state index in [0.717, 1.165) is 0 Å². The molecule has 18 heavy (non-hydrogen) atoms. The van der Waals surface area contributed by atoms with E-state index in [0.29, 0.717) is 21.2 Å². The van der Waals surface area contributed by atoms with Crippen molar-refractivity contribution >= 4 is 58.0 Å². The van der Waals surface area contributed by atoms with Crippen molar-refractivity contribution in [1.29, 1.82) is 0 Å². The van der Waals surface area contributed by atoms with E-state index in [1.807, 2.05) is 0 Å². The Hall–Kier alpha value is -0.310. The normalized spacial score (nSPS) is 10.7. The highest BCUT2D eigenvalue weighted by molar-refractivity contribution is 6.46. The molecule has 0 spiro atoms. The fourth-order valence-electron chi connectivity index (χ4n) is 1.55. The minimum Gasteiger partial charge on any atom is -0.506 e. The maximum absolute atomic E-state index is 9.98. The summed E-state index contributed by atoms with van der Waals surface area (Å²) in [6.07, 6.45) is 0. The zero-order valence-electron chi connectivity index (χ0n) is 8.65. The minimum absolute atomic E-state index is 0.107. The molecule has 0 aromatic heterocycles. The number of rotatable bonds is 1. The number of halogens is 5. The fraction of sp³-hybridized carbons (Fsp3) is 0. The third-order valence-corrected chi connectivity index (χ3v) is 3.81. The van der Waals surface area contributed by atoms with Crippen LogP contribution in [-0.4, -0.2) is 5.11 Å². The second-order valence-corrected chi connectivity index (χ2v) is 5.60. The van der Waals surface area contributed by atoms with Gasteiger partial charge in [-0.1, -0.05) is 58.0 Å². The lowest BCUT2D eigenvalue weighted by Crippen LogP contribution is -1.85. The molecule has 6 heteroatoms. The first-order valence-corrected chi connectivity index (χ1v) is 6.62. The molecule has 2 aromatic carbocycles. The van der Waals surface area contributed by atoms with Gasteiger partial charge in [0.15, 0.2) is 0 Å². The van der Waals surface area contributed by atoms with Crippen molar-refractivity contribution < 1.29 is 5.11 Å². The fourth-order valence-corrected chi connectivity index (χ4v) is 2.79. The Morgan fingerprint density at radius 2 is 1.28 bits per heavy atom. The Morgan fingerprint density at radius 1 is 0.722 bits per heavy atom. The van der Waals surface area contributed by atoms with Gasteiger partial charge in [0.1, 0.15) is 5.75 Å². The van der Waals surface area contributed by atoms with Crippen LogP contribution < -0.4 is 0 Å². The van der Waals surface area contributed by atoms with Crippen molar-refractivity contribution in [1.82, 2.24) is 0 Å². The van der Waals surface area contributed by atoms with E-state index in [4.69, 9.17) is 58.0 Å². The summed E-state index contributed by atoms with van der Waals surface area (Å²) < 4.78 is 0. The second kappa shape index (κ2) is 5.36. The highest BCUT2D eigenvalue weighted by Gasteiger charge is 2.17. The number of phenols is 1. The predicted molar refractivity (Wildman–Crippen MR) is 78.6 cm³/mol. The molecular formula is C12H5Cl5O. The molecule has 0 atom stereocenters. The summed E-state index contributed by atoms with van der Waals surface area (Å²) in [5.74, 6) is -0.163. The molecule has 2 rings (SSSR count). The molecule has 0 saturated carbocycles. The molecule has 0 heterocycles. The van der Waals surface area contributed by atoms with Crippen molar-refractivity contribution in [3.63, 3.8) is 0 Å². The van der Waals surface area contributed by atoms with Crippen LogP contribution in [0.5, 0.6) is 5.75 Å². The van der Waals surface area contributed by atoms with E-state index < -0.39 is 0 Å². The first-order chi connectivity index (χ1) is 8.40. The van der Waals surface area contributed by atoms with Crippen LogP contribution in [0.1, 0.15) is 0 Å². The summed E-state index contributed by atoms with van der Waals surface area (Å²) in [6.45, 7) is 0. The van der Waals surface area contributed by atoms with Crippen molar-refractivity contribution in [2.75, 3.05) is 0 Å². The highest BCUT2D eigenvalue weighted by Crippen LogP contribution is 2.45. The maximum atomic E-state index is 9.98. The number of hydrogen-bond acceptors (Lipinski definition) is 1. The highest BCUT2D eigenvalue weighted by atomic mass is 35.5. The molecule has 0 saturated heterocycles. The monoisotopic (exact) mass is 340 g/mol. The van der Waals surface area contributed by atoms with Gasteiger partial charge in [-0.2, -0.15) is 0 Å². The molecular weight excluding hydrogens is 337 g/mol. The van der Waals surface area contributed by atoms with Crippen molar-refractivity contribution in [2.45, 2.75) is 0 Å². The Morgan fingerprint density at radius 3 is 1.83 bits per heavy atom. The third kappa shape index (κ3) is 2.66. The van der Waals surface area contributed by atoms with Gasteiger partial charge in [0.25, 0.3) is 0 Å². The SMILES string of the molecule is Oc1c(Cl)cc(Cl)c(Cl)c1-c1cc(Cl)cc(Cl)c1. The molecule has 1 nitrogen and oxygen atoms in total. The van der Waals surface area contributed by atoms with E-state index in [2.05, 4.69) is 0 Å². The van der Waals surface area contributed by atoms with Crippen LogP contribution in [-0.2, 0) is 0 Å². The van der Waals surface area contributed by atoms with Crippen LogP contribution in [0.25, 0.3) is 11.1 Å². The zero-order chi connectivity index (χ0) is 13.4. The molecule has 0 bridgehead atoms. The van der Waals surface area contributed by atoms with Gasteiger partial charge in [-0.15, -0.1) is 0 Å². The lowest BCUT2D eigenvalue weighted by atomic mass is 10.0. The Labute approximate surface area is 129 Å². The first kappa shape index (κ1) is 14.1. The van der Waals surface area contributed by atoms with Crippen LogP contribution in [0.3, 0.4) is 0 Å². The van der Waals surface area contributed by atoms with E-state index in [1.54, 1.807) is 18.2 Å². The number of benzene rings is 2. The van der Waals surface area contributed by atoms with Gasteiger partial charge in [0, 0.05) is 15.6 Å². The Balaban J connectivity index is 2.78. The average molecular weight is 342 g/mol. The summed E-state index contributed by atoms with van der Waals surface area (Å²) >= 11 is 29.7. The molecule has 0 fully saturated rings. The maximum Gasteiger partial charge on any atom is 0.143 e. The van der Waals surface area contributed by atoms with Gasteiger partial charge >= 0.3 is 0 Å². The largest absolute Gasteiger partial charge is 0.506 e. The Kier molecular flexibility index (Phi) is 4.20. The standard InChI is InChI=1S/C12H5Cl5O/c13-6-1-5(2-7(14)3-6)10-11(17)8(15)4-9(16)12(10)18/h1-4,18H. The molecule has 0 aliphatic heterocycles. The second-order valence-electron chi connectivity index (χ2n) is 3.54. The summed E-state index contributed by atoms with van der Waals surface area (Å²) in [5.41, 5.74) is 0.845. The predicted octanol–water partition coefficient (Wildman–Crippen LogP) is 6.33. The summed E-state index contributed by atoms with van der Waals surface area (Å²) in [6, 6.07) is 6.17. The smallest absolute Gasteiger partial charge is 0.143 e. The van der Waals surface area contributed by atoms with Gasteiger partial charge < -0.3 is 5.11 Å². The van der Waals surface area contributed by atoms with Crippen molar-refractivity contribution in [2.24, 2.45) is 0 Å². The summed E-state index contributed by atoms with van der Waals surface area (Å²) in [7, 11) is 0. The zero-order valence-corrected chi connectivity index (χ0v) is 12.4. The number of phenolic OH excluding ortho intramolecular Hbond substituents is 1. The molecule has 94 valence electrons. The van der Waals surface area contributed by atoms with Gasteiger partial charge in [-0.3, -0.25) is 0 Å². The van der Waals surface area contributed by atoms with Gasteiger partial charge in [0.05, 0.1) is 15.1 Å². The van der Waals surface area contributed by atoms with Crippen LogP contribution in [0.2, 0.25) is 25.1 Å². The Bertz CT molecular complexity index is 578. The van der Waals surface area contributed by atoms with Crippen LogP contribution in [0.4, 0.5) is 0 Å². The van der Waals surface area contributed by atoms with Gasteiger partial charge in [-0.05, 0) is 29.8 Å². The molecule has 0 radical (unpaired) electrons. The molecule has 0 unspecified atom stereocenters. The summed E-state index contributed by atoms with van der Waals surface area (Å²) in [5, 5.41) is 11.4. The quantitative estimate of drug-likeness (QED) is 0.601. The van der Waals surface area contributed by atoms with Crippen molar-refractivity contribution in [3.05, 3.63) is 49.4 Å². The van der Waals surface area contributed by atoms with E-state index in [-0.39, 0.29) is 20.8 Å². The molecule has 1 N–H and O–H groups in total. The lowest BCUT2D eigenvalue weighted by molar-refractivity contribution is 0.477. The van der Waals surface area contributed by atoms with Crippen LogP contribution >= 0.6 is 58.0 Å². The molecule has 0 aliphatic carbocycles. The molecule has 0 aliphatic rings. The first-order valence-electron chi connectivity index (χ1n) is 4.73. The van der Waals surface area contributed by atoms with Gasteiger partial charge in [-0.25, -0.2) is 0 Å². The van der Waals surface area contributed by atoms with E-state index in [9.17, 15) is 5.11 Å². The average Bonchev–Trinajstić information content (AvgIpc) is 2.25. The number of hydrogen-bond donors (Lipinski definition) is 1. The summed E-state index contributed by atoms with van der Waals surface area (Å²) in [4.78, 5) is 0. The lowest BCUT2D eigenvalue weighted by Gasteiger charge is -2.11. The minimum atomic E-state index is -0.163. The van der Waals surface area contributed by atoms with Crippen LogP contribution in [0, 0.1) is 0 Å². The van der Waals surface area contributed by atoms with Crippen LogP contribution in [0.15, 0.2) is 24.3 Å². The van der Waals surface area contributed by atoms with Crippen molar-refractivity contribution in [3.8, 4) is 16.9 Å². The van der Waals surface area contributed by atoms with E-state index >= 15 is 0 Å². The molecule has 2 aromatic rings.